The van der Waals surface area contributed by atoms with E-state index in [-0.39, 0.29) is 29.9 Å². The topological polar surface area (TPSA) is 103 Å². The summed E-state index contributed by atoms with van der Waals surface area (Å²) in [5.41, 5.74) is 1.29. The number of urea groups is 2. The fourth-order valence-electron chi connectivity index (χ4n) is 3.09. The second-order valence-corrected chi connectivity index (χ2v) is 7.49. The zero-order chi connectivity index (χ0) is 21.2. The molecule has 0 spiro atoms. The van der Waals surface area contributed by atoms with Crippen molar-refractivity contribution >= 4 is 29.3 Å². The van der Waals surface area contributed by atoms with Gasteiger partial charge in [0.15, 0.2) is 0 Å². The molecule has 2 rings (SSSR count). The van der Waals surface area contributed by atoms with Crippen molar-refractivity contribution in [1.82, 2.24) is 15.5 Å². The number of piperidine rings is 1. The van der Waals surface area contributed by atoms with Gasteiger partial charge in [-0.1, -0.05) is 13.8 Å². The molecule has 1 fully saturated rings. The van der Waals surface area contributed by atoms with Gasteiger partial charge in [-0.25, -0.2) is 9.59 Å². The summed E-state index contributed by atoms with van der Waals surface area (Å²) in [5, 5.41) is 11.4. The predicted octanol–water partition coefficient (Wildman–Crippen LogP) is 3.38. The van der Waals surface area contributed by atoms with E-state index < -0.39 is 0 Å². The molecule has 0 aliphatic carbocycles. The van der Waals surface area contributed by atoms with Gasteiger partial charge in [-0.2, -0.15) is 0 Å². The van der Waals surface area contributed by atoms with E-state index in [0.717, 1.165) is 25.7 Å². The Balaban J connectivity index is 1.86. The highest BCUT2D eigenvalue weighted by Crippen LogP contribution is 2.19. The van der Waals surface area contributed by atoms with Crippen LogP contribution in [0.4, 0.5) is 21.0 Å². The first-order chi connectivity index (χ1) is 13.9. The van der Waals surface area contributed by atoms with Gasteiger partial charge in [0.05, 0.1) is 5.92 Å². The summed E-state index contributed by atoms with van der Waals surface area (Å²) in [4.78, 5) is 38.3. The third-order valence-corrected chi connectivity index (χ3v) is 5.01. The number of carbonyl (C=O) groups is 3. The molecule has 29 heavy (non-hydrogen) atoms. The van der Waals surface area contributed by atoms with Crippen LogP contribution in [0.5, 0.6) is 0 Å². The van der Waals surface area contributed by atoms with Crippen molar-refractivity contribution in [3.05, 3.63) is 24.3 Å². The van der Waals surface area contributed by atoms with E-state index in [4.69, 9.17) is 0 Å². The Bertz CT molecular complexity index is 692. The van der Waals surface area contributed by atoms with E-state index in [2.05, 4.69) is 21.3 Å². The number of hydrogen-bond acceptors (Lipinski definition) is 3. The van der Waals surface area contributed by atoms with Crippen molar-refractivity contribution < 1.29 is 14.4 Å². The van der Waals surface area contributed by atoms with Crippen LogP contribution in [0.15, 0.2) is 24.3 Å². The second kappa shape index (κ2) is 11.3. The normalized spacial score (nSPS) is 17.2. The number of amides is 5. The van der Waals surface area contributed by atoms with Crippen molar-refractivity contribution in [3.8, 4) is 0 Å². The van der Waals surface area contributed by atoms with Crippen LogP contribution >= 0.6 is 0 Å². The summed E-state index contributed by atoms with van der Waals surface area (Å²) in [7, 11) is 0. The molecule has 0 saturated carbocycles. The summed E-state index contributed by atoms with van der Waals surface area (Å²) in [6, 6.07) is 6.63. The highest BCUT2D eigenvalue weighted by molar-refractivity contribution is 5.92. The number of benzene rings is 1. The van der Waals surface area contributed by atoms with E-state index in [1.807, 2.05) is 20.8 Å². The number of anilines is 2. The molecule has 2 unspecified atom stereocenters. The van der Waals surface area contributed by atoms with Crippen LogP contribution in [-0.2, 0) is 4.79 Å². The zero-order valence-electron chi connectivity index (χ0n) is 17.6. The van der Waals surface area contributed by atoms with Gasteiger partial charge in [-0.3, -0.25) is 4.79 Å². The minimum Gasteiger partial charge on any atom is -0.353 e. The minimum atomic E-state index is -0.251. The Kier molecular flexibility index (Phi) is 8.76. The number of carbonyl (C=O) groups excluding carboxylic acids is 3. The Labute approximate surface area is 172 Å². The third-order valence-electron chi connectivity index (χ3n) is 5.01. The van der Waals surface area contributed by atoms with Crippen LogP contribution < -0.4 is 21.3 Å². The summed E-state index contributed by atoms with van der Waals surface area (Å²) < 4.78 is 0. The van der Waals surface area contributed by atoms with Gasteiger partial charge in [0, 0.05) is 37.1 Å². The highest BCUT2D eigenvalue weighted by atomic mass is 16.2. The summed E-state index contributed by atoms with van der Waals surface area (Å²) in [6.45, 7) is 7.68. The number of nitrogens with zero attached hydrogens (tertiary/aromatic N) is 1. The van der Waals surface area contributed by atoms with Gasteiger partial charge >= 0.3 is 12.1 Å². The number of likely N-dealkylation sites (tertiary alicyclic amines) is 1. The average molecular weight is 404 g/mol. The summed E-state index contributed by atoms with van der Waals surface area (Å²) >= 11 is 0. The van der Waals surface area contributed by atoms with Crippen molar-refractivity contribution in [2.45, 2.75) is 52.5 Å². The van der Waals surface area contributed by atoms with Gasteiger partial charge in [0.25, 0.3) is 0 Å². The average Bonchev–Trinajstić information content (AvgIpc) is 2.73. The molecule has 8 heteroatoms. The molecule has 5 amide bonds. The Hall–Kier alpha value is -2.77. The standard InChI is InChI=1S/C21H33N5O3/c1-4-12-22-20(28)24-17-8-10-18(11-9-17)25-21(29)26-13-6-7-16(14-26)19(27)23-15(3)5-2/h8-11,15-16H,4-7,12-14H2,1-3H3,(H,23,27)(H,25,29)(H2,22,24,28). The van der Waals surface area contributed by atoms with Crippen LogP contribution in [0.3, 0.4) is 0 Å². The lowest BCUT2D eigenvalue weighted by Crippen LogP contribution is -2.48. The summed E-state index contributed by atoms with van der Waals surface area (Å²) in [5.74, 6) is -0.148. The Morgan fingerprint density at radius 2 is 1.76 bits per heavy atom. The lowest BCUT2D eigenvalue weighted by Gasteiger charge is -2.32. The molecule has 1 aliphatic heterocycles. The SMILES string of the molecule is CCCNC(=O)Nc1ccc(NC(=O)N2CCCC(C(=O)NC(C)CC)C2)cc1. The molecule has 1 aromatic carbocycles. The minimum absolute atomic E-state index is 0.0219. The molecule has 1 aliphatic rings. The fraction of sp³-hybridized carbons (Fsp3) is 0.571. The maximum atomic E-state index is 12.6. The highest BCUT2D eigenvalue weighted by Gasteiger charge is 2.28. The molecule has 0 bridgehead atoms. The molecule has 0 aromatic heterocycles. The first kappa shape index (κ1) is 22.5. The molecule has 0 radical (unpaired) electrons. The van der Waals surface area contributed by atoms with Gasteiger partial charge in [0.2, 0.25) is 5.91 Å². The van der Waals surface area contributed by atoms with E-state index in [1.165, 1.54) is 0 Å². The first-order valence-corrected chi connectivity index (χ1v) is 10.4. The molecular weight excluding hydrogens is 370 g/mol. The zero-order valence-corrected chi connectivity index (χ0v) is 17.6. The van der Waals surface area contributed by atoms with Crippen LogP contribution in [-0.4, -0.2) is 48.5 Å². The molecule has 160 valence electrons. The molecule has 2 atom stereocenters. The first-order valence-electron chi connectivity index (χ1n) is 10.4. The van der Waals surface area contributed by atoms with Crippen LogP contribution in [0.1, 0.15) is 46.5 Å². The lowest BCUT2D eigenvalue weighted by atomic mass is 9.97. The van der Waals surface area contributed by atoms with E-state index in [9.17, 15) is 14.4 Å². The molecule has 4 N–H and O–H groups in total. The maximum Gasteiger partial charge on any atom is 0.321 e. The van der Waals surface area contributed by atoms with Crippen LogP contribution in [0.2, 0.25) is 0 Å². The maximum absolute atomic E-state index is 12.6. The van der Waals surface area contributed by atoms with Crippen molar-refractivity contribution in [1.29, 1.82) is 0 Å². The van der Waals surface area contributed by atoms with Crippen molar-refractivity contribution in [2.75, 3.05) is 30.3 Å². The van der Waals surface area contributed by atoms with Gasteiger partial charge in [0.1, 0.15) is 0 Å². The molecule has 1 saturated heterocycles. The van der Waals surface area contributed by atoms with Crippen molar-refractivity contribution in [3.63, 3.8) is 0 Å². The molecular formula is C21H33N5O3. The van der Waals surface area contributed by atoms with Gasteiger partial charge < -0.3 is 26.2 Å². The van der Waals surface area contributed by atoms with Crippen LogP contribution in [0, 0.1) is 5.92 Å². The number of hydrogen-bond donors (Lipinski definition) is 4. The van der Waals surface area contributed by atoms with Crippen LogP contribution in [0.25, 0.3) is 0 Å². The number of nitrogens with one attached hydrogen (secondary N) is 4. The smallest absolute Gasteiger partial charge is 0.321 e. The molecule has 8 nitrogen and oxygen atoms in total. The van der Waals surface area contributed by atoms with E-state index in [0.29, 0.717) is 31.0 Å². The monoisotopic (exact) mass is 403 g/mol. The Morgan fingerprint density at radius 1 is 1.10 bits per heavy atom. The molecule has 1 heterocycles. The predicted molar refractivity (Wildman–Crippen MR) is 115 cm³/mol. The second-order valence-electron chi connectivity index (χ2n) is 7.49. The quantitative estimate of drug-likeness (QED) is 0.561. The number of rotatable bonds is 7. The Morgan fingerprint density at radius 3 is 2.38 bits per heavy atom. The van der Waals surface area contributed by atoms with Gasteiger partial charge in [-0.05, 0) is 56.9 Å². The lowest BCUT2D eigenvalue weighted by molar-refractivity contribution is -0.126. The fourth-order valence-corrected chi connectivity index (χ4v) is 3.09. The van der Waals surface area contributed by atoms with E-state index in [1.54, 1.807) is 29.2 Å². The molecule has 1 aromatic rings. The van der Waals surface area contributed by atoms with Gasteiger partial charge in [-0.15, -0.1) is 0 Å². The largest absolute Gasteiger partial charge is 0.353 e. The van der Waals surface area contributed by atoms with Crippen molar-refractivity contribution in [2.24, 2.45) is 5.92 Å². The summed E-state index contributed by atoms with van der Waals surface area (Å²) in [6.07, 6.45) is 3.36. The van der Waals surface area contributed by atoms with E-state index >= 15 is 0 Å². The third kappa shape index (κ3) is 7.29.